The Bertz CT molecular complexity index is 522. The maximum absolute atomic E-state index is 12.9. The van der Waals surface area contributed by atoms with Gasteiger partial charge in [0.25, 0.3) is 0 Å². The standard InChI is InChI=1S/C21H32N2O/c1-17-8-6-7-13-23(17)21(24)18(2)22-14-11-20(12-15-22)16-19-9-4-3-5-10-19/h3-5,9-10,17-18,20H,6-8,11-16H2,1-2H3. The van der Waals surface area contributed by atoms with Gasteiger partial charge < -0.3 is 4.90 Å². The van der Waals surface area contributed by atoms with E-state index in [1.165, 1.54) is 37.7 Å². The van der Waals surface area contributed by atoms with Crippen LogP contribution in [0.4, 0.5) is 0 Å². The van der Waals surface area contributed by atoms with Gasteiger partial charge in [-0.2, -0.15) is 0 Å². The summed E-state index contributed by atoms with van der Waals surface area (Å²) in [7, 11) is 0. The lowest BCUT2D eigenvalue weighted by molar-refractivity contribution is -0.140. The summed E-state index contributed by atoms with van der Waals surface area (Å²) in [5.41, 5.74) is 1.45. The molecular weight excluding hydrogens is 296 g/mol. The molecule has 132 valence electrons. The second kappa shape index (κ2) is 8.15. The number of carbonyl (C=O) groups excluding carboxylic acids is 1. The lowest BCUT2D eigenvalue weighted by Gasteiger charge is -2.40. The highest BCUT2D eigenvalue weighted by molar-refractivity contribution is 5.81. The van der Waals surface area contributed by atoms with E-state index in [2.05, 4.69) is 54.0 Å². The maximum Gasteiger partial charge on any atom is 0.239 e. The van der Waals surface area contributed by atoms with Gasteiger partial charge in [0, 0.05) is 12.6 Å². The zero-order chi connectivity index (χ0) is 16.9. The highest BCUT2D eigenvalue weighted by Gasteiger charge is 2.32. The van der Waals surface area contributed by atoms with Gasteiger partial charge in [-0.3, -0.25) is 9.69 Å². The molecule has 2 heterocycles. The van der Waals surface area contributed by atoms with E-state index >= 15 is 0 Å². The number of piperidine rings is 2. The van der Waals surface area contributed by atoms with Crippen LogP contribution in [0.3, 0.4) is 0 Å². The number of hydrogen-bond donors (Lipinski definition) is 0. The second-order valence-electron chi connectivity index (χ2n) is 7.72. The normalized spacial score (nSPS) is 24.8. The van der Waals surface area contributed by atoms with Crippen molar-refractivity contribution in [1.29, 1.82) is 0 Å². The molecule has 2 saturated heterocycles. The first-order valence-corrected chi connectivity index (χ1v) is 9.73. The molecule has 24 heavy (non-hydrogen) atoms. The first-order chi connectivity index (χ1) is 11.6. The molecular formula is C21H32N2O. The third kappa shape index (κ3) is 4.18. The van der Waals surface area contributed by atoms with Gasteiger partial charge in [0.15, 0.2) is 0 Å². The van der Waals surface area contributed by atoms with E-state index in [0.29, 0.717) is 11.9 Å². The topological polar surface area (TPSA) is 23.6 Å². The number of nitrogens with zero attached hydrogens (tertiary/aromatic N) is 2. The number of hydrogen-bond acceptors (Lipinski definition) is 2. The Labute approximate surface area is 147 Å². The highest BCUT2D eigenvalue weighted by Crippen LogP contribution is 2.24. The Morgan fingerprint density at radius 2 is 1.79 bits per heavy atom. The van der Waals surface area contributed by atoms with Crippen LogP contribution in [0, 0.1) is 5.92 Å². The molecule has 0 bridgehead atoms. The van der Waals surface area contributed by atoms with Crippen LogP contribution < -0.4 is 0 Å². The molecule has 2 fully saturated rings. The van der Waals surface area contributed by atoms with E-state index < -0.39 is 0 Å². The molecule has 0 aromatic heterocycles. The van der Waals surface area contributed by atoms with Crippen molar-refractivity contribution in [2.45, 2.75) is 64.5 Å². The van der Waals surface area contributed by atoms with Gasteiger partial charge in [0.1, 0.15) is 0 Å². The fourth-order valence-electron chi connectivity index (χ4n) is 4.31. The lowest BCUT2D eigenvalue weighted by Crippen LogP contribution is -2.53. The summed E-state index contributed by atoms with van der Waals surface area (Å²) < 4.78 is 0. The molecule has 1 amide bonds. The first-order valence-electron chi connectivity index (χ1n) is 9.73. The minimum Gasteiger partial charge on any atom is -0.339 e. The summed E-state index contributed by atoms with van der Waals surface area (Å²) in [6.07, 6.45) is 7.20. The number of carbonyl (C=O) groups is 1. The van der Waals surface area contributed by atoms with E-state index in [-0.39, 0.29) is 6.04 Å². The number of rotatable bonds is 4. The quantitative estimate of drug-likeness (QED) is 0.841. The molecule has 0 spiro atoms. The van der Waals surface area contributed by atoms with Gasteiger partial charge in [-0.15, -0.1) is 0 Å². The van der Waals surface area contributed by atoms with E-state index in [0.717, 1.165) is 32.0 Å². The molecule has 3 rings (SSSR count). The zero-order valence-corrected chi connectivity index (χ0v) is 15.3. The predicted octanol–water partition coefficient (Wildman–Crippen LogP) is 3.73. The Balaban J connectivity index is 1.49. The smallest absolute Gasteiger partial charge is 0.239 e. The third-order valence-electron chi connectivity index (χ3n) is 6.01. The van der Waals surface area contributed by atoms with Crippen molar-refractivity contribution < 1.29 is 4.79 Å². The van der Waals surface area contributed by atoms with Crippen LogP contribution in [0.25, 0.3) is 0 Å². The lowest BCUT2D eigenvalue weighted by atomic mass is 9.89. The number of likely N-dealkylation sites (tertiary alicyclic amines) is 2. The summed E-state index contributed by atoms with van der Waals surface area (Å²) in [4.78, 5) is 17.4. The van der Waals surface area contributed by atoms with Crippen molar-refractivity contribution in [1.82, 2.24) is 9.80 Å². The molecule has 1 aromatic carbocycles. The predicted molar refractivity (Wildman–Crippen MR) is 98.9 cm³/mol. The molecule has 2 unspecified atom stereocenters. The van der Waals surface area contributed by atoms with Crippen LogP contribution in [0.1, 0.15) is 51.5 Å². The van der Waals surface area contributed by atoms with Gasteiger partial charge in [-0.1, -0.05) is 30.3 Å². The van der Waals surface area contributed by atoms with Crippen molar-refractivity contribution in [2.75, 3.05) is 19.6 Å². The van der Waals surface area contributed by atoms with Gasteiger partial charge in [-0.25, -0.2) is 0 Å². The van der Waals surface area contributed by atoms with Crippen molar-refractivity contribution >= 4 is 5.91 Å². The molecule has 3 heteroatoms. The highest BCUT2D eigenvalue weighted by atomic mass is 16.2. The number of benzene rings is 1. The summed E-state index contributed by atoms with van der Waals surface area (Å²) in [6.45, 7) is 7.39. The average molecular weight is 329 g/mol. The van der Waals surface area contributed by atoms with Crippen LogP contribution in [-0.2, 0) is 11.2 Å². The van der Waals surface area contributed by atoms with Crippen molar-refractivity contribution in [3.63, 3.8) is 0 Å². The Morgan fingerprint density at radius 3 is 2.46 bits per heavy atom. The van der Waals surface area contributed by atoms with E-state index in [1.807, 2.05) is 0 Å². The fraction of sp³-hybridized carbons (Fsp3) is 0.667. The van der Waals surface area contributed by atoms with Crippen LogP contribution in [-0.4, -0.2) is 47.4 Å². The van der Waals surface area contributed by atoms with E-state index in [1.54, 1.807) is 0 Å². The van der Waals surface area contributed by atoms with Crippen LogP contribution in [0.2, 0.25) is 0 Å². The molecule has 3 nitrogen and oxygen atoms in total. The van der Waals surface area contributed by atoms with Gasteiger partial charge >= 0.3 is 0 Å². The molecule has 2 aliphatic heterocycles. The monoisotopic (exact) mass is 328 g/mol. The molecule has 0 N–H and O–H groups in total. The SMILES string of the molecule is CC(C(=O)N1CCCCC1C)N1CCC(Cc2ccccc2)CC1. The largest absolute Gasteiger partial charge is 0.339 e. The van der Waals surface area contributed by atoms with Crippen molar-refractivity contribution in [3.05, 3.63) is 35.9 Å². The zero-order valence-electron chi connectivity index (χ0n) is 15.3. The Morgan fingerprint density at radius 1 is 1.08 bits per heavy atom. The Hall–Kier alpha value is -1.35. The molecule has 2 atom stereocenters. The van der Waals surface area contributed by atoms with E-state index in [9.17, 15) is 4.79 Å². The maximum atomic E-state index is 12.9. The van der Waals surface area contributed by atoms with Gasteiger partial charge in [-0.05, 0) is 76.9 Å². The third-order valence-corrected chi connectivity index (χ3v) is 6.01. The summed E-state index contributed by atoms with van der Waals surface area (Å²) >= 11 is 0. The summed E-state index contributed by atoms with van der Waals surface area (Å²) in [5.74, 6) is 1.11. The van der Waals surface area contributed by atoms with Crippen LogP contribution in [0.5, 0.6) is 0 Å². The molecule has 0 saturated carbocycles. The van der Waals surface area contributed by atoms with E-state index in [4.69, 9.17) is 0 Å². The Kier molecular flexibility index (Phi) is 5.94. The number of amides is 1. The second-order valence-corrected chi connectivity index (χ2v) is 7.72. The summed E-state index contributed by atoms with van der Waals surface area (Å²) in [5, 5.41) is 0. The van der Waals surface area contributed by atoms with Gasteiger partial charge in [0.05, 0.1) is 6.04 Å². The molecule has 0 aliphatic carbocycles. The van der Waals surface area contributed by atoms with Crippen molar-refractivity contribution in [3.8, 4) is 0 Å². The van der Waals surface area contributed by atoms with Crippen LogP contribution in [0.15, 0.2) is 30.3 Å². The summed E-state index contributed by atoms with van der Waals surface area (Å²) in [6, 6.07) is 11.3. The average Bonchev–Trinajstić information content (AvgIpc) is 2.62. The van der Waals surface area contributed by atoms with Crippen molar-refractivity contribution in [2.24, 2.45) is 5.92 Å². The van der Waals surface area contributed by atoms with Gasteiger partial charge in [0.2, 0.25) is 5.91 Å². The fourth-order valence-corrected chi connectivity index (χ4v) is 4.31. The minimum absolute atomic E-state index is 0.0447. The molecule has 1 aromatic rings. The molecule has 0 radical (unpaired) electrons. The van der Waals surface area contributed by atoms with Crippen LogP contribution >= 0.6 is 0 Å². The first kappa shape index (κ1) is 17.5. The molecule has 2 aliphatic rings. The minimum atomic E-state index is 0.0447.